The molecule has 0 saturated carbocycles. The molecule has 1 aliphatic rings. The first-order valence-electron chi connectivity index (χ1n) is 5.68. The molecule has 0 bridgehead atoms. The van der Waals surface area contributed by atoms with Crippen LogP contribution in [0.2, 0.25) is 0 Å². The van der Waals surface area contributed by atoms with Gasteiger partial charge in [-0.15, -0.1) is 0 Å². The predicted octanol–water partition coefficient (Wildman–Crippen LogP) is 1.74. The SMILES string of the molecule is CC1CCCC(N)N1Cc1ccccn1. The molecular formula is C12H19N3. The number of rotatable bonds is 2. The minimum atomic E-state index is 0.204. The molecule has 2 rings (SSSR count). The Hall–Kier alpha value is -0.930. The molecule has 1 saturated heterocycles. The lowest BCUT2D eigenvalue weighted by Crippen LogP contribution is -2.49. The average Bonchev–Trinajstić information content (AvgIpc) is 2.25. The third-order valence-electron chi connectivity index (χ3n) is 3.18. The summed E-state index contributed by atoms with van der Waals surface area (Å²) in [4.78, 5) is 6.70. The van der Waals surface area contributed by atoms with Crippen molar-refractivity contribution in [2.24, 2.45) is 5.73 Å². The number of aromatic nitrogens is 1. The molecular weight excluding hydrogens is 186 g/mol. The zero-order valence-corrected chi connectivity index (χ0v) is 9.26. The van der Waals surface area contributed by atoms with E-state index in [0.717, 1.165) is 18.7 Å². The largest absolute Gasteiger partial charge is 0.316 e. The van der Waals surface area contributed by atoms with Crippen molar-refractivity contribution >= 4 is 0 Å². The molecule has 0 aliphatic carbocycles. The summed E-state index contributed by atoms with van der Waals surface area (Å²) in [7, 11) is 0. The van der Waals surface area contributed by atoms with Gasteiger partial charge in [0.1, 0.15) is 0 Å². The molecule has 1 aromatic heterocycles. The van der Waals surface area contributed by atoms with Gasteiger partial charge in [0, 0.05) is 18.8 Å². The van der Waals surface area contributed by atoms with Gasteiger partial charge in [-0.2, -0.15) is 0 Å². The highest BCUT2D eigenvalue weighted by molar-refractivity contribution is 5.04. The highest BCUT2D eigenvalue weighted by Gasteiger charge is 2.24. The monoisotopic (exact) mass is 205 g/mol. The fourth-order valence-electron chi connectivity index (χ4n) is 2.23. The first kappa shape index (κ1) is 10.6. The van der Waals surface area contributed by atoms with Crippen molar-refractivity contribution in [3.05, 3.63) is 30.1 Å². The topological polar surface area (TPSA) is 42.1 Å². The Morgan fingerprint density at radius 2 is 2.33 bits per heavy atom. The van der Waals surface area contributed by atoms with E-state index in [1.54, 1.807) is 0 Å². The minimum absolute atomic E-state index is 0.204. The van der Waals surface area contributed by atoms with E-state index in [-0.39, 0.29) is 6.17 Å². The van der Waals surface area contributed by atoms with Gasteiger partial charge in [-0.05, 0) is 38.3 Å². The third kappa shape index (κ3) is 2.55. The summed E-state index contributed by atoms with van der Waals surface area (Å²) in [6, 6.07) is 6.62. The van der Waals surface area contributed by atoms with Gasteiger partial charge in [0.15, 0.2) is 0 Å². The standard InChI is InChI=1S/C12H19N3/c1-10-5-4-7-12(13)15(10)9-11-6-2-3-8-14-11/h2-3,6,8,10,12H,4-5,7,9,13H2,1H3. The first-order chi connectivity index (χ1) is 7.27. The summed E-state index contributed by atoms with van der Waals surface area (Å²) in [6.45, 7) is 3.13. The van der Waals surface area contributed by atoms with Crippen LogP contribution in [0.25, 0.3) is 0 Å². The fraction of sp³-hybridized carbons (Fsp3) is 0.583. The summed E-state index contributed by atoms with van der Waals surface area (Å²) >= 11 is 0. The molecule has 1 aromatic rings. The Kier molecular flexibility index (Phi) is 3.34. The minimum Gasteiger partial charge on any atom is -0.316 e. The molecule has 15 heavy (non-hydrogen) atoms. The molecule has 3 heteroatoms. The quantitative estimate of drug-likeness (QED) is 0.799. The maximum absolute atomic E-state index is 6.12. The number of nitrogens with zero attached hydrogens (tertiary/aromatic N) is 2. The lowest BCUT2D eigenvalue weighted by Gasteiger charge is -2.38. The van der Waals surface area contributed by atoms with Crippen LogP contribution in [0.3, 0.4) is 0 Å². The summed E-state index contributed by atoms with van der Waals surface area (Å²) in [6.07, 6.45) is 5.66. The van der Waals surface area contributed by atoms with Crippen molar-refractivity contribution in [1.29, 1.82) is 0 Å². The molecule has 2 N–H and O–H groups in total. The van der Waals surface area contributed by atoms with Crippen molar-refractivity contribution in [2.75, 3.05) is 0 Å². The second-order valence-corrected chi connectivity index (χ2v) is 4.34. The van der Waals surface area contributed by atoms with Gasteiger partial charge in [-0.25, -0.2) is 0 Å². The average molecular weight is 205 g/mol. The molecule has 0 amide bonds. The number of hydrogen-bond acceptors (Lipinski definition) is 3. The molecule has 2 unspecified atom stereocenters. The molecule has 0 spiro atoms. The van der Waals surface area contributed by atoms with Crippen LogP contribution in [0, 0.1) is 0 Å². The normalized spacial score (nSPS) is 27.9. The molecule has 1 aliphatic heterocycles. The molecule has 0 radical (unpaired) electrons. The second-order valence-electron chi connectivity index (χ2n) is 4.34. The van der Waals surface area contributed by atoms with Gasteiger partial charge in [-0.3, -0.25) is 9.88 Å². The zero-order chi connectivity index (χ0) is 10.7. The van der Waals surface area contributed by atoms with Crippen molar-refractivity contribution in [1.82, 2.24) is 9.88 Å². The maximum Gasteiger partial charge on any atom is 0.0578 e. The van der Waals surface area contributed by atoms with Crippen LogP contribution in [0.5, 0.6) is 0 Å². The van der Waals surface area contributed by atoms with Crippen LogP contribution >= 0.6 is 0 Å². The van der Waals surface area contributed by atoms with E-state index in [1.165, 1.54) is 12.8 Å². The summed E-state index contributed by atoms with van der Waals surface area (Å²) in [5, 5.41) is 0. The zero-order valence-electron chi connectivity index (χ0n) is 9.26. The molecule has 82 valence electrons. The lowest BCUT2D eigenvalue weighted by atomic mass is 10.0. The number of nitrogens with two attached hydrogens (primary N) is 1. The third-order valence-corrected chi connectivity index (χ3v) is 3.18. The van der Waals surface area contributed by atoms with Gasteiger partial charge in [0.25, 0.3) is 0 Å². The van der Waals surface area contributed by atoms with Crippen molar-refractivity contribution in [3.8, 4) is 0 Å². The number of piperidine rings is 1. The molecule has 2 heterocycles. The van der Waals surface area contributed by atoms with Crippen molar-refractivity contribution in [2.45, 2.75) is 44.9 Å². The van der Waals surface area contributed by atoms with Crippen LogP contribution in [0.1, 0.15) is 31.9 Å². The Morgan fingerprint density at radius 1 is 1.47 bits per heavy atom. The summed E-state index contributed by atoms with van der Waals surface area (Å²) in [5.74, 6) is 0. The van der Waals surface area contributed by atoms with Gasteiger partial charge >= 0.3 is 0 Å². The van der Waals surface area contributed by atoms with Crippen LogP contribution in [0.4, 0.5) is 0 Å². The van der Waals surface area contributed by atoms with Crippen molar-refractivity contribution < 1.29 is 0 Å². The highest BCUT2D eigenvalue weighted by atomic mass is 15.2. The number of pyridine rings is 1. The van der Waals surface area contributed by atoms with E-state index in [0.29, 0.717) is 6.04 Å². The smallest absolute Gasteiger partial charge is 0.0578 e. The molecule has 3 nitrogen and oxygen atoms in total. The van der Waals surface area contributed by atoms with Crippen LogP contribution < -0.4 is 5.73 Å². The van der Waals surface area contributed by atoms with Crippen LogP contribution in [-0.4, -0.2) is 22.1 Å². The second kappa shape index (κ2) is 4.73. The molecule has 0 aromatic carbocycles. The van der Waals surface area contributed by atoms with Gasteiger partial charge in [0.2, 0.25) is 0 Å². The van der Waals surface area contributed by atoms with E-state index in [4.69, 9.17) is 5.73 Å². The summed E-state index contributed by atoms with van der Waals surface area (Å²) in [5.41, 5.74) is 7.23. The lowest BCUT2D eigenvalue weighted by molar-refractivity contribution is 0.0868. The van der Waals surface area contributed by atoms with Crippen LogP contribution in [0.15, 0.2) is 24.4 Å². The van der Waals surface area contributed by atoms with E-state index in [1.807, 2.05) is 18.3 Å². The van der Waals surface area contributed by atoms with Gasteiger partial charge in [-0.1, -0.05) is 6.07 Å². The Bertz CT molecular complexity index is 289. The molecule has 2 atom stereocenters. The predicted molar refractivity (Wildman–Crippen MR) is 61.1 cm³/mol. The number of hydrogen-bond donors (Lipinski definition) is 1. The summed E-state index contributed by atoms with van der Waals surface area (Å²) < 4.78 is 0. The van der Waals surface area contributed by atoms with E-state index in [9.17, 15) is 0 Å². The van der Waals surface area contributed by atoms with Crippen LogP contribution in [-0.2, 0) is 6.54 Å². The fourth-order valence-corrected chi connectivity index (χ4v) is 2.23. The van der Waals surface area contributed by atoms with E-state index >= 15 is 0 Å². The van der Waals surface area contributed by atoms with Gasteiger partial charge in [0.05, 0.1) is 11.9 Å². The van der Waals surface area contributed by atoms with E-state index < -0.39 is 0 Å². The Morgan fingerprint density at radius 3 is 3.00 bits per heavy atom. The maximum atomic E-state index is 6.12. The Balaban J connectivity index is 2.03. The number of likely N-dealkylation sites (tertiary alicyclic amines) is 1. The van der Waals surface area contributed by atoms with Crippen molar-refractivity contribution in [3.63, 3.8) is 0 Å². The van der Waals surface area contributed by atoms with Gasteiger partial charge < -0.3 is 5.73 Å². The Labute approximate surface area is 91.3 Å². The highest BCUT2D eigenvalue weighted by Crippen LogP contribution is 2.21. The molecule has 1 fully saturated rings. The first-order valence-corrected chi connectivity index (χ1v) is 5.68. The van der Waals surface area contributed by atoms with E-state index in [2.05, 4.69) is 22.9 Å².